The quantitative estimate of drug-likeness (QED) is 0.103. The predicted octanol–water partition coefficient (Wildman–Crippen LogP) is 10.4. The number of hydrogen-bond donors (Lipinski definition) is 3. The average molecular weight is 742 g/mol. The molecule has 7 rings (SSSR count). The van der Waals surface area contributed by atoms with Crippen LogP contribution in [0, 0.1) is 0 Å². The van der Waals surface area contributed by atoms with Crippen LogP contribution < -0.4 is 27.8 Å². The number of phenolic OH excluding ortho intramolecular Hbond substituents is 3. The SMILES string of the molecule is Oc1ccccc1ON1P(Oc2ccccc2)N=P(Oc2ccccc2)(Oc2ccccc2)N(Oc2ccccc2O)P1Oc1ccccc1O. The summed E-state index contributed by atoms with van der Waals surface area (Å²) in [6.07, 6.45) is 0. The van der Waals surface area contributed by atoms with Crippen LogP contribution in [0.25, 0.3) is 0 Å². The first-order chi connectivity index (χ1) is 25.0. The summed E-state index contributed by atoms with van der Waals surface area (Å²) < 4.78 is 34.5. The van der Waals surface area contributed by atoms with Gasteiger partial charge in [0.2, 0.25) is 0 Å². The lowest BCUT2D eigenvalue weighted by molar-refractivity contribution is 0.0511. The van der Waals surface area contributed by atoms with E-state index in [0.717, 1.165) is 0 Å². The van der Waals surface area contributed by atoms with E-state index in [9.17, 15) is 15.3 Å². The highest BCUT2D eigenvalue weighted by atomic mass is 31.3. The van der Waals surface area contributed by atoms with Gasteiger partial charge in [-0.1, -0.05) is 91.0 Å². The summed E-state index contributed by atoms with van der Waals surface area (Å²) >= 11 is 0. The third kappa shape index (κ3) is 7.97. The van der Waals surface area contributed by atoms with Crippen molar-refractivity contribution in [3.8, 4) is 51.7 Å². The molecule has 0 aliphatic carbocycles. The number of phenols is 3. The minimum absolute atomic E-state index is 0.0106. The van der Waals surface area contributed by atoms with Gasteiger partial charge in [0.1, 0.15) is 17.2 Å². The van der Waals surface area contributed by atoms with Crippen LogP contribution in [-0.2, 0) is 0 Å². The third-order valence-corrected chi connectivity index (χ3v) is 13.7. The maximum absolute atomic E-state index is 11.0. The van der Waals surface area contributed by atoms with Gasteiger partial charge in [0.05, 0.1) is 0 Å². The number of nitrogens with zero attached hydrogens (tertiary/aromatic N) is 3. The molecule has 1 heterocycles. The molecule has 12 nitrogen and oxygen atoms in total. The molecule has 1 aliphatic heterocycles. The van der Waals surface area contributed by atoms with Crippen LogP contribution in [0.2, 0.25) is 0 Å². The van der Waals surface area contributed by atoms with E-state index in [4.69, 9.17) is 32.3 Å². The Morgan fingerprint density at radius 1 is 0.451 bits per heavy atom. The Bertz CT molecular complexity index is 2070. The molecular formula is C36H30N3O9P3. The normalized spacial score (nSPS) is 17.0. The molecule has 2 atom stereocenters. The third-order valence-electron chi connectivity index (χ3n) is 6.85. The summed E-state index contributed by atoms with van der Waals surface area (Å²) in [7, 11) is -8.87. The molecule has 15 heteroatoms. The lowest BCUT2D eigenvalue weighted by Gasteiger charge is -2.43. The second-order valence-electron chi connectivity index (χ2n) is 10.5. The van der Waals surface area contributed by atoms with Crippen LogP contribution in [0.15, 0.2) is 168 Å². The Kier molecular flexibility index (Phi) is 10.4. The molecule has 6 aromatic rings. The second kappa shape index (κ2) is 15.6. The summed E-state index contributed by atoms with van der Waals surface area (Å²) in [6, 6.07) is 45.9. The molecule has 258 valence electrons. The summed E-state index contributed by atoms with van der Waals surface area (Å²) in [5, 5.41) is 32.8. The summed E-state index contributed by atoms with van der Waals surface area (Å²) in [5.74, 6) is 0.732. The number of aromatic hydroxyl groups is 3. The average Bonchev–Trinajstić information content (AvgIpc) is 3.15. The molecule has 0 saturated heterocycles. The van der Waals surface area contributed by atoms with Crippen molar-refractivity contribution in [2.45, 2.75) is 0 Å². The van der Waals surface area contributed by atoms with Crippen LogP contribution >= 0.6 is 24.6 Å². The van der Waals surface area contributed by atoms with Crippen molar-refractivity contribution in [2.24, 2.45) is 4.52 Å². The molecule has 6 aromatic carbocycles. The van der Waals surface area contributed by atoms with Gasteiger partial charge < -0.3 is 43.1 Å². The molecule has 0 fully saturated rings. The van der Waals surface area contributed by atoms with Gasteiger partial charge in [0.25, 0.3) is 0 Å². The molecule has 0 aromatic heterocycles. The molecule has 0 radical (unpaired) electrons. The summed E-state index contributed by atoms with van der Waals surface area (Å²) in [6.45, 7) is 0. The Labute approximate surface area is 296 Å². The fourth-order valence-electron chi connectivity index (χ4n) is 4.48. The minimum atomic E-state index is -4.02. The number of rotatable bonds is 12. The lowest BCUT2D eigenvalue weighted by atomic mass is 10.3. The number of benzene rings is 6. The first-order valence-corrected chi connectivity index (χ1v) is 19.3. The van der Waals surface area contributed by atoms with Crippen LogP contribution in [0.3, 0.4) is 0 Å². The van der Waals surface area contributed by atoms with E-state index in [1.165, 1.54) is 27.4 Å². The molecule has 51 heavy (non-hydrogen) atoms. The molecule has 0 saturated carbocycles. The molecular weight excluding hydrogens is 711 g/mol. The van der Waals surface area contributed by atoms with Gasteiger partial charge in [0.15, 0.2) is 34.5 Å². The maximum atomic E-state index is 11.0. The van der Waals surface area contributed by atoms with Crippen LogP contribution in [0.1, 0.15) is 0 Å². The second-order valence-corrected chi connectivity index (χ2v) is 16.0. The number of para-hydroxylation sites is 9. The fraction of sp³-hybridized carbons (Fsp3) is 0. The first kappa shape index (κ1) is 34.0. The Hall–Kier alpha value is -5.47. The highest BCUT2D eigenvalue weighted by molar-refractivity contribution is 7.78. The van der Waals surface area contributed by atoms with Crippen molar-refractivity contribution in [3.63, 3.8) is 0 Å². The molecule has 2 unspecified atom stereocenters. The van der Waals surface area contributed by atoms with Gasteiger partial charge in [-0.2, -0.15) is 0 Å². The van der Waals surface area contributed by atoms with Gasteiger partial charge in [-0.25, -0.2) is 0 Å². The van der Waals surface area contributed by atoms with Crippen molar-refractivity contribution in [1.82, 2.24) is 9.21 Å². The van der Waals surface area contributed by atoms with E-state index < -0.39 is 24.6 Å². The molecule has 0 amide bonds. The highest BCUT2D eigenvalue weighted by Gasteiger charge is 2.58. The van der Waals surface area contributed by atoms with Gasteiger partial charge in [-0.3, -0.25) is 0 Å². The lowest BCUT2D eigenvalue weighted by Crippen LogP contribution is -2.37. The van der Waals surface area contributed by atoms with Crippen molar-refractivity contribution in [2.75, 3.05) is 0 Å². The largest absolute Gasteiger partial charge is 0.504 e. The smallest absolute Gasteiger partial charge is 0.447 e. The Morgan fingerprint density at radius 2 is 0.863 bits per heavy atom. The van der Waals surface area contributed by atoms with E-state index in [1.54, 1.807) is 127 Å². The Morgan fingerprint density at radius 3 is 1.35 bits per heavy atom. The highest BCUT2D eigenvalue weighted by Crippen LogP contribution is 2.78. The van der Waals surface area contributed by atoms with Crippen molar-refractivity contribution in [3.05, 3.63) is 164 Å². The van der Waals surface area contributed by atoms with Crippen molar-refractivity contribution in [1.29, 1.82) is 0 Å². The van der Waals surface area contributed by atoms with Gasteiger partial charge in [0, 0.05) is 9.21 Å². The zero-order chi connectivity index (χ0) is 35.0. The predicted molar refractivity (Wildman–Crippen MR) is 194 cm³/mol. The van der Waals surface area contributed by atoms with E-state index in [-0.39, 0.29) is 34.5 Å². The van der Waals surface area contributed by atoms with Crippen LogP contribution in [0.4, 0.5) is 0 Å². The molecule has 1 aliphatic rings. The van der Waals surface area contributed by atoms with Crippen molar-refractivity contribution < 1.29 is 43.1 Å². The molecule has 0 bridgehead atoms. The zero-order valence-electron chi connectivity index (χ0n) is 26.6. The van der Waals surface area contributed by atoms with Crippen LogP contribution in [-0.4, -0.2) is 24.5 Å². The Balaban J connectivity index is 1.50. The maximum Gasteiger partial charge on any atom is 0.447 e. The molecule has 3 N–H and O–H groups in total. The monoisotopic (exact) mass is 741 g/mol. The van der Waals surface area contributed by atoms with E-state index in [1.807, 2.05) is 18.2 Å². The number of hydrogen-bond acceptors (Lipinski definition) is 12. The van der Waals surface area contributed by atoms with Gasteiger partial charge >= 0.3 is 24.6 Å². The van der Waals surface area contributed by atoms with E-state index >= 15 is 0 Å². The summed E-state index contributed by atoms with van der Waals surface area (Å²) in [4.78, 5) is 13.0. The first-order valence-electron chi connectivity index (χ1n) is 15.4. The zero-order valence-corrected chi connectivity index (χ0v) is 29.2. The van der Waals surface area contributed by atoms with Gasteiger partial charge in [-0.05, 0) is 72.8 Å². The van der Waals surface area contributed by atoms with E-state index in [2.05, 4.69) is 0 Å². The van der Waals surface area contributed by atoms with Gasteiger partial charge in [-0.15, -0.1) is 4.52 Å². The molecule has 0 spiro atoms. The van der Waals surface area contributed by atoms with Crippen molar-refractivity contribution >= 4 is 24.6 Å². The minimum Gasteiger partial charge on any atom is -0.504 e. The van der Waals surface area contributed by atoms with Crippen LogP contribution in [0.5, 0.6) is 51.7 Å². The summed E-state index contributed by atoms with van der Waals surface area (Å²) in [5.41, 5.74) is 0. The topological polar surface area (TPSA) is 135 Å². The standard InChI is InChI=1S/C36H30N3O9P3/c40-31-22-10-13-25-34(31)43-38-49(45-28-16-4-1-5-17-28)37-51(47-29-18-6-2-7-19-29,48-30-20-8-3-9-21-30)39(44-35-26-14-11-23-32(35)41)50(38)46-36-27-15-12-24-33(36)42/h1-27,40-42H. The fourth-order valence-corrected chi connectivity index (χ4v) is 12.0. The van der Waals surface area contributed by atoms with E-state index in [0.29, 0.717) is 17.2 Å².